The van der Waals surface area contributed by atoms with Crippen LogP contribution in [-0.4, -0.2) is 29.6 Å². The molecular formula is C19H23N3O2S. The lowest BCUT2D eigenvalue weighted by Gasteiger charge is -2.02. The van der Waals surface area contributed by atoms with Gasteiger partial charge >= 0.3 is 5.97 Å². The summed E-state index contributed by atoms with van der Waals surface area (Å²) in [5, 5.41) is 5.55. The number of carbonyl (C=O) groups excluding carboxylic acids is 1. The van der Waals surface area contributed by atoms with E-state index >= 15 is 0 Å². The van der Waals surface area contributed by atoms with Crippen molar-refractivity contribution in [3.63, 3.8) is 0 Å². The molecule has 132 valence electrons. The zero-order chi connectivity index (χ0) is 17.6. The number of hydrogen-bond donors (Lipinski definition) is 2. The van der Waals surface area contributed by atoms with Crippen molar-refractivity contribution in [2.75, 3.05) is 19.0 Å². The Labute approximate surface area is 151 Å². The summed E-state index contributed by atoms with van der Waals surface area (Å²) < 4.78 is 4.64. The van der Waals surface area contributed by atoms with Gasteiger partial charge in [-0.05, 0) is 25.8 Å². The molecule has 0 bridgehead atoms. The highest BCUT2D eigenvalue weighted by molar-refractivity contribution is 7.16. The number of nitrogens with zero attached hydrogens (tertiary/aromatic N) is 1. The topological polar surface area (TPSA) is 67.0 Å². The van der Waals surface area contributed by atoms with Crippen molar-refractivity contribution >= 4 is 33.3 Å². The van der Waals surface area contributed by atoms with Crippen molar-refractivity contribution in [1.29, 1.82) is 0 Å². The number of carbonyl (C=O) groups is 1. The summed E-state index contributed by atoms with van der Waals surface area (Å²) >= 11 is 1.68. The van der Waals surface area contributed by atoms with E-state index in [1.807, 2.05) is 12.3 Å². The third-order valence-electron chi connectivity index (χ3n) is 4.20. The van der Waals surface area contributed by atoms with Crippen LogP contribution in [0.4, 0.5) is 5.13 Å². The van der Waals surface area contributed by atoms with Crippen molar-refractivity contribution in [3.05, 3.63) is 35.3 Å². The van der Waals surface area contributed by atoms with Crippen LogP contribution in [-0.2, 0) is 9.53 Å². The number of ether oxygens (including phenoxy) is 1. The molecule has 0 fully saturated rings. The maximum atomic E-state index is 11.1. The van der Waals surface area contributed by atoms with Crippen molar-refractivity contribution in [2.24, 2.45) is 0 Å². The van der Waals surface area contributed by atoms with Crippen molar-refractivity contribution < 1.29 is 9.53 Å². The number of methoxy groups -OCH3 is 1. The molecule has 1 aromatic carbocycles. The van der Waals surface area contributed by atoms with Crippen LogP contribution in [0.1, 0.15) is 30.6 Å². The molecule has 2 aromatic heterocycles. The van der Waals surface area contributed by atoms with Crippen LogP contribution >= 0.6 is 11.3 Å². The summed E-state index contributed by atoms with van der Waals surface area (Å²) in [5.41, 5.74) is 3.32. The van der Waals surface area contributed by atoms with E-state index in [0.29, 0.717) is 6.42 Å². The van der Waals surface area contributed by atoms with E-state index in [1.165, 1.54) is 17.4 Å². The fourth-order valence-electron chi connectivity index (χ4n) is 2.86. The molecule has 0 aliphatic rings. The number of fused-ring (bicyclic) bond motifs is 1. The molecule has 0 aliphatic carbocycles. The van der Waals surface area contributed by atoms with E-state index < -0.39 is 0 Å². The SMILES string of the molecule is COC(=O)CCCCCNc1nc(-c2c[nH]c3ccccc23)c(C)s1. The van der Waals surface area contributed by atoms with Crippen LogP contribution in [0.5, 0.6) is 0 Å². The van der Waals surface area contributed by atoms with Gasteiger partial charge in [-0.3, -0.25) is 4.79 Å². The third-order valence-corrected chi connectivity index (χ3v) is 5.13. The number of aromatic amines is 1. The number of thiazole rings is 1. The number of aryl methyl sites for hydroxylation is 1. The zero-order valence-electron chi connectivity index (χ0n) is 14.6. The minimum Gasteiger partial charge on any atom is -0.469 e. The van der Waals surface area contributed by atoms with Crippen molar-refractivity contribution in [2.45, 2.75) is 32.6 Å². The van der Waals surface area contributed by atoms with E-state index in [-0.39, 0.29) is 5.97 Å². The van der Waals surface area contributed by atoms with Gasteiger partial charge in [-0.1, -0.05) is 24.6 Å². The Morgan fingerprint density at radius 3 is 2.96 bits per heavy atom. The fourth-order valence-corrected chi connectivity index (χ4v) is 3.71. The number of aromatic nitrogens is 2. The Hall–Kier alpha value is -2.34. The molecule has 3 rings (SSSR count). The monoisotopic (exact) mass is 357 g/mol. The van der Waals surface area contributed by atoms with Gasteiger partial charge in [0.1, 0.15) is 0 Å². The number of unbranched alkanes of at least 4 members (excludes halogenated alkanes) is 2. The number of benzene rings is 1. The first kappa shape index (κ1) is 17.5. The normalized spacial score (nSPS) is 11.0. The molecular weight excluding hydrogens is 334 g/mol. The van der Waals surface area contributed by atoms with Crippen molar-refractivity contribution in [1.82, 2.24) is 9.97 Å². The molecule has 0 amide bonds. The molecule has 25 heavy (non-hydrogen) atoms. The fraction of sp³-hybridized carbons (Fsp3) is 0.368. The lowest BCUT2D eigenvalue weighted by molar-refractivity contribution is -0.140. The number of anilines is 1. The smallest absolute Gasteiger partial charge is 0.305 e. The summed E-state index contributed by atoms with van der Waals surface area (Å²) in [6.45, 7) is 2.97. The van der Waals surface area contributed by atoms with Gasteiger partial charge in [-0.2, -0.15) is 0 Å². The average Bonchev–Trinajstić information content (AvgIpc) is 3.20. The first-order valence-electron chi connectivity index (χ1n) is 8.53. The average molecular weight is 357 g/mol. The first-order chi connectivity index (χ1) is 12.2. The number of esters is 1. The van der Waals surface area contributed by atoms with Gasteiger partial charge in [0.2, 0.25) is 0 Å². The Balaban J connectivity index is 1.57. The molecule has 3 aromatic rings. The second-order valence-electron chi connectivity index (χ2n) is 5.99. The predicted octanol–water partition coefficient (Wildman–Crippen LogP) is 4.75. The largest absolute Gasteiger partial charge is 0.469 e. The van der Waals surface area contributed by atoms with Gasteiger partial charge in [-0.15, -0.1) is 11.3 Å². The van der Waals surface area contributed by atoms with E-state index in [1.54, 1.807) is 11.3 Å². The summed E-state index contributed by atoms with van der Waals surface area (Å²) in [6, 6.07) is 8.28. The standard InChI is InChI=1S/C19H23N3O2S/c1-13-18(15-12-21-16-9-6-5-8-14(15)16)22-19(25-13)20-11-7-3-4-10-17(23)24-2/h5-6,8-9,12,21H,3-4,7,10-11H2,1-2H3,(H,20,22). The summed E-state index contributed by atoms with van der Waals surface area (Å²) in [4.78, 5) is 20.4. The predicted molar refractivity (Wildman–Crippen MR) is 103 cm³/mol. The van der Waals surface area contributed by atoms with Crippen LogP contribution in [0.2, 0.25) is 0 Å². The van der Waals surface area contributed by atoms with Crippen LogP contribution < -0.4 is 5.32 Å². The van der Waals surface area contributed by atoms with Gasteiger partial charge < -0.3 is 15.0 Å². The second-order valence-corrected chi connectivity index (χ2v) is 7.19. The molecule has 0 atom stereocenters. The van der Waals surface area contributed by atoms with Crippen molar-refractivity contribution in [3.8, 4) is 11.3 Å². The highest BCUT2D eigenvalue weighted by atomic mass is 32.1. The van der Waals surface area contributed by atoms with Crippen LogP contribution in [0.3, 0.4) is 0 Å². The number of hydrogen-bond acceptors (Lipinski definition) is 5. The maximum absolute atomic E-state index is 11.1. The van der Waals surface area contributed by atoms with Gasteiger partial charge in [-0.25, -0.2) is 4.98 Å². The number of nitrogens with one attached hydrogen (secondary N) is 2. The minimum absolute atomic E-state index is 0.133. The Morgan fingerprint density at radius 2 is 2.12 bits per heavy atom. The minimum atomic E-state index is -0.133. The number of H-pyrrole nitrogens is 1. The molecule has 2 N–H and O–H groups in total. The Morgan fingerprint density at radius 1 is 1.28 bits per heavy atom. The number of para-hydroxylation sites is 1. The summed E-state index contributed by atoms with van der Waals surface area (Å²) in [7, 11) is 1.43. The molecule has 0 aliphatic heterocycles. The first-order valence-corrected chi connectivity index (χ1v) is 9.35. The van der Waals surface area contributed by atoms with E-state index in [4.69, 9.17) is 4.98 Å². The summed E-state index contributed by atoms with van der Waals surface area (Å²) in [5.74, 6) is -0.133. The quantitative estimate of drug-likeness (QED) is 0.451. The molecule has 5 nitrogen and oxygen atoms in total. The Bertz CT molecular complexity index is 853. The molecule has 0 unspecified atom stereocenters. The lowest BCUT2D eigenvalue weighted by Crippen LogP contribution is -2.03. The zero-order valence-corrected chi connectivity index (χ0v) is 15.4. The summed E-state index contributed by atoms with van der Waals surface area (Å²) in [6.07, 6.45) is 5.41. The van der Waals surface area contributed by atoms with Gasteiger partial charge in [0.25, 0.3) is 0 Å². The second kappa shape index (κ2) is 8.16. The van der Waals surface area contributed by atoms with Crippen LogP contribution in [0.25, 0.3) is 22.2 Å². The van der Waals surface area contributed by atoms with Gasteiger partial charge in [0.05, 0.1) is 12.8 Å². The van der Waals surface area contributed by atoms with Gasteiger partial charge in [0.15, 0.2) is 5.13 Å². The highest BCUT2D eigenvalue weighted by Crippen LogP contribution is 2.34. The molecule has 6 heteroatoms. The molecule has 0 spiro atoms. The molecule has 0 saturated heterocycles. The Kier molecular flexibility index (Phi) is 5.71. The molecule has 0 saturated carbocycles. The highest BCUT2D eigenvalue weighted by Gasteiger charge is 2.13. The third kappa shape index (κ3) is 4.20. The van der Waals surface area contributed by atoms with Crippen LogP contribution in [0, 0.1) is 6.92 Å². The molecule has 0 radical (unpaired) electrons. The maximum Gasteiger partial charge on any atom is 0.305 e. The van der Waals surface area contributed by atoms with E-state index in [0.717, 1.165) is 47.7 Å². The van der Waals surface area contributed by atoms with E-state index in [2.05, 4.69) is 40.2 Å². The van der Waals surface area contributed by atoms with Crippen LogP contribution in [0.15, 0.2) is 30.5 Å². The van der Waals surface area contributed by atoms with Gasteiger partial charge in [0, 0.05) is 40.5 Å². The number of rotatable bonds is 8. The molecule has 2 heterocycles. The van der Waals surface area contributed by atoms with E-state index in [9.17, 15) is 4.79 Å². The lowest BCUT2D eigenvalue weighted by atomic mass is 10.1.